The van der Waals surface area contributed by atoms with Crippen LogP contribution < -0.4 is 10.0 Å². The van der Waals surface area contributed by atoms with Crippen molar-refractivity contribution in [3.8, 4) is 0 Å². The third-order valence-corrected chi connectivity index (χ3v) is 8.96. The number of urea groups is 1. The minimum absolute atomic E-state index is 0.161. The molecule has 0 radical (unpaired) electrons. The zero-order chi connectivity index (χ0) is 21.8. The summed E-state index contributed by atoms with van der Waals surface area (Å²) in [4.78, 5) is 14.2. The molecule has 1 aliphatic heterocycles. The highest BCUT2D eigenvalue weighted by Gasteiger charge is 2.42. The predicted molar refractivity (Wildman–Crippen MR) is 120 cm³/mol. The number of benzene rings is 1. The Kier molecular flexibility index (Phi) is 7.19. The molecule has 2 amide bonds. The Labute approximate surface area is 186 Å². The van der Waals surface area contributed by atoms with Gasteiger partial charge in [-0.15, -0.1) is 0 Å². The lowest BCUT2D eigenvalue weighted by Gasteiger charge is -2.42. The van der Waals surface area contributed by atoms with Gasteiger partial charge in [0.2, 0.25) is 10.0 Å². The number of sulfonamides is 1. The lowest BCUT2D eigenvalue weighted by molar-refractivity contribution is -0.0172. The summed E-state index contributed by atoms with van der Waals surface area (Å²) < 4.78 is 34.3. The molecule has 2 aliphatic carbocycles. The number of nitrogens with one attached hydrogen (secondary N) is 2. The number of nitrogens with zero attached hydrogens (tertiary/aromatic N) is 1. The molecule has 1 saturated heterocycles. The van der Waals surface area contributed by atoms with Crippen LogP contribution in [0.3, 0.4) is 0 Å². The largest absolute Gasteiger partial charge is 0.376 e. The second kappa shape index (κ2) is 9.88. The number of hydrogen-bond donors (Lipinski definition) is 2. The molecule has 4 rings (SSSR count). The summed E-state index contributed by atoms with van der Waals surface area (Å²) in [6.07, 6.45) is 7.30. The topological polar surface area (TPSA) is 87.7 Å². The minimum Gasteiger partial charge on any atom is -0.376 e. The molecule has 3 aliphatic rings. The van der Waals surface area contributed by atoms with Crippen LogP contribution in [0.1, 0.15) is 62.8 Å². The van der Waals surface area contributed by atoms with Gasteiger partial charge in [-0.2, -0.15) is 0 Å². The molecular formula is C23H35N3O4S. The predicted octanol–water partition coefficient (Wildman–Crippen LogP) is 2.98. The van der Waals surface area contributed by atoms with Gasteiger partial charge in [0, 0.05) is 19.6 Å². The first-order valence-electron chi connectivity index (χ1n) is 11.6. The van der Waals surface area contributed by atoms with Crippen LogP contribution in [-0.4, -0.2) is 63.0 Å². The fraction of sp³-hybridized carbons (Fsp3) is 0.696. The van der Waals surface area contributed by atoms with Crippen molar-refractivity contribution in [2.75, 3.05) is 20.2 Å². The summed E-state index contributed by atoms with van der Waals surface area (Å²) in [6, 6.07) is 9.89. The van der Waals surface area contributed by atoms with Crippen LogP contribution >= 0.6 is 0 Å². The molecule has 1 heterocycles. The van der Waals surface area contributed by atoms with Gasteiger partial charge in [-0.25, -0.2) is 17.9 Å². The smallest absolute Gasteiger partial charge is 0.317 e. The molecule has 8 heteroatoms. The number of hydrogen-bond acceptors (Lipinski definition) is 4. The van der Waals surface area contributed by atoms with Crippen molar-refractivity contribution in [1.82, 2.24) is 14.9 Å². The van der Waals surface area contributed by atoms with E-state index in [2.05, 4.69) is 40.4 Å². The Morgan fingerprint density at radius 2 is 1.77 bits per heavy atom. The number of likely N-dealkylation sites (tertiary alicyclic amines) is 1. The Morgan fingerprint density at radius 3 is 2.42 bits per heavy atom. The number of ether oxygens (including phenoxy) is 1. The SMILES string of the molecule is CNC(=O)N1CCCC(NS(=O)(=O)C2CC2)C1COC1CCC(c2ccccc2)CC1. The molecule has 0 aromatic heterocycles. The highest BCUT2D eigenvalue weighted by atomic mass is 32.2. The van der Waals surface area contributed by atoms with E-state index in [1.54, 1.807) is 11.9 Å². The maximum atomic E-state index is 12.6. The molecule has 0 bridgehead atoms. The molecular weight excluding hydrogens is 414 g/mol. The van der Waals surface area contributed by atoms with E-state index in [1.807, 2.05) is 0 Å². The number of piperidine rings is 1. The zero-order valence-corrected chi connectivity index (χ0v) is 19.1. The fourth-order valence-corrected chi connectivity index (χ4v) is 6.65. The van der Waals surface area contributed by atoms with Crippen LogP contribution in [0, 0.1) is 0 Å². The monoisotopic (exact) mass is 449 g/mol. The van der Waals surface area contributed by atoms with Crippen LogP contribution in [0.5, 0.6) is 0 Å². The first kappa shape index (κ1) is 22.6. The standard InChI is InChI=1S/C23H35N3O4S/c1-24-23(27)26-15-5-8-21(25-31(28,29)20-13-14-20)22(26)16-30-19-11-9-18(10-12-19)17-6-3-2-4-7-17/h2-4,6-7,18-22,25H,5,8-16H2,1H3,(H,24,27). The van der Waals surface area contributed by atoms with E-state index in [0.29, 0.717) is 19.1 Å². The van der Waals surface area contributed by atoms with Gasteiger partial charge in [-0.05, 0) is 62.8 Å². The Balaban J connectivity index is 1.36. The number of amides is 2. The van der Waals surface area contributed by atoms with Gasteiger partial charge in [0.05, 0.1) is 24.0 Å². The van der Waals surface area contributed by atoms with Crippen LogP contribution in [0.25, 0.3) is 0 Å². The average Bonchev–Trinajstić information content (AvgIpc) is 3.65. The molecule has 1 aromatic carbocycles. The quantitative estimate of drug-likeness (QED) is 0.670. The van der Waals surface area contributed by atoms with E-state index in [1.165, 1.54) is 5.56 Å². The fourth-order valence-electron chi connectivity index (χ4n) is 5.00. The molecule has 2 atom stereocenters. The van der Waals surface area contributed by atoms with Gasteiger partial charge in [-0.1, -0.05) is 30.3 Å². The van der Waals surface area contributed by atoms with Crippen molar-refractivity contribution in [3.63, 3.8) is 0 Å². The number of rotatable bonds is 7. The van der Waals surface area contributed by atoms with Crippen LogP contribution in [0.15, 0.2) is 30.3 Å². The Hall–Kier alpha value is -1.64. The van der Waals surface area contributed by atoms with Gasteiger partial charge in [0.15, 0.2) is 0 Å². The molecule has 7 nitrogen and oxygen atoms in total. The summed E-state index contributed by atoms with van der Waals surface area (Å²) in [5.41, 5.74) is 1.40. The van der Waals surface area contributed by atoms with Crippen LogP contribution in [0.4, 0.5) is 4.79 Å². The van der Waals surface area contributed by atoms with Gasteiger partial charge < -0.3 is 15.0 Å². The second-order valence-electron chi connectivity index (χ2n) is 9.14. The first-order chi connectivity index (χ1) is 15.0. The Bertz CT molecular complexity index is 836. The van der Waals surface area contributed by atoms with Crippen LogP contribution in [0.2, 0.25) is 0 Å². The highest BCUT2D eigenvalue weighted by molar-refractivity contribution is 7.90. The lowest BCUT2D eigenvalue weighted by Crippen LogP contribution is -2.60. The number of carbonyl (C=O) groups is 1. The summed E-state index contributed by atoms with van der Waals surface area (Å²) in [5.74, 6) is 0.580. The third kappa shape index (κ3) is 5.59. The number of carbonyl (C=O) groups excluding carboxylic acids is 1. The first-order valence-corrected chi connectivity index (χ1v) is 13.2. The van der Waals surface area contributed by atoms with Crippen molar-refractivity contribution in [2.24, 2.45) is 0 Å². The molecule has 31 heavy (non-hydrogen) atoms. The summed E-state index contributed by atoms with van der Waals surface area (Å²) >= 11 is 0. The van der Waals surface area contributed by atoms with Gasteiger partial charge in [0.25, 0.3) is 0 Å². The summed E-state index contributed by atoms with van der Waals surface area (Å²) in [6.45, 7) is 0.988. The van der Waals surface area contributed by atoms with E-state index in [4.69, 9.17) is 4.74 Å². The van der Waals surface area contributed by atoms with Crippen molar-refractivity contribution in [1.29, 1.82) is 0 Å². The van der Waals surface area contributed by atoms with Gasteiger partial charge in [0.1, 0.15) is 0 Å². The van der Waals surface area contributed by atoms with E-state index in [9.17, 15) is 13.2 Å². The normalized spacial score (nSPS) is 29.5. The maximum absolute atomic E-state index is 12.6. The van der Waals surface area contributed by atoms with E-state index in [0.717, 1.165) is 51.4 Å². The van der Waals surface area contributed by atoms with E-state index < -0.39 is 10.0 Å². The Morgan fingerprint density at radius 1 is 1.06 bits per heavy atom. The molecule has 0 spiro atoms. The van der Waals surface area contributed by atoms with Crippen molar-refractivity contribution in [2.45, 2.75) is 80.7 Å². The molecule has 1 aromatic rings. The second-order valence-corrected chi connectivity index (χ2v) is 11.1. The highest BCUT2D eigenvalue weighted by Crippen LogP contribution is 2.34. The summed E-state index contributed by atoms with van der Waals surface area (Å²) in [5, 5.41) is 2.43. The third-order valence-electron chi connectivity index (χ3n) is 6.98. The van der Waals surface area contributed by atoms with Gasteiger partial charge >= 0.3 is 6.03 Å². The molecule has 2 N–H and O–H groups in total. The minimum atomic E-state index is -3.32. The maximum Gasteiger partial charge on any atom is 0.317 e. The van der Waals surface area contributed by atoms with Gasteiger partial charge in [-0.3, -0.25) is 0 Å². The zero-order valence-electron chi connectivity index (χ0n) is 18.3. The molecule has 172 valence electrons. The lowest BCUT2D eigenvalue weighted by atomic mass is 9.83. The molecule has 2 saturated carbocycles. The van der Waals surface area contributed by atoms with Crippen LogP contribution in [-0.2, 0) is 14.8 Å². The molecule has 2 unspecified atom stereocenters. The van der Waals surface area contributed by atoms with Crippen molar-refractivity contribution in [3.05, 3.63) is 35.9 Å². The van der Waals surface area contributed by atoms with E-state index in [-0.39, 0.29) is 29.5 Å². The van der Waals surface area contributed by atoms with E-state index >= 15 is 0 Å². The average molecular weight is 450 g/mol. The molecule has 3 fully saturated rings. The summed E-state index contributed by atoms with van der Waals surface area (Å²) in [7, 11) is -1.71. The van der Waals surface area contributed by atoms with Crippen molar-refractivity contribution >= 4 is 16.1 Å². The van der Waals surface area contributed by atoms with Crippen molar-refractivity contribution < 1.29 is 17.9 Å².